The molecule has 4 nitrogen and oxygen atoms in total. The lowest BCUT2D eigenvalue weighted by atomic mass is 9.90. The summed E-state index contributed by atoms with van der Waals surface area (Å²) in [6.45, 7) is 2.62. The van der Waals surface area contributed by atoms with Crippen molar-refractivity contribution >= 4 is 16.8 Å². The van der Waals surface area contributed by atoms with Gasteiger partial charge in [-0.3, -0.25) is 4.79 Å². The van der Waals surface area contributed by atoms with E-state index in [9.17, 15) is 4.79 Å². The lowest BCUT2D eigenvalue weighted by molar-refractivity contribution is -0.674. The second kappa shape index (κ2) is 6.67. The quantitative estimate of drug-likeness (QED) is 0.637. The van der Waals surface area contributed by atoms with E-state index in [4.69, 9.17) is 5.73 Å². The minimum Gasteiger partial charge on any atom is -0.365 e. The summed E-state index contributed by atoms with van der Waals surface area (Å²) in [7, 11) is 0. The lowest BCUT2D eigenvalue weighted by Crippen LogP contribution is -2.92. The third-order valence-electron chi connectivity index (χ3n) is 4.37. The Bertz CT molecular complexity index is 794. The van der Waals surface area contributed by atoms with Gasteiger partial charge < -0.3 is 16.0 Å². The van der Waals surface area contributed by atoms with E-state index in [2.05, 4.69) is 53.6 Å². The number of rotatable bonds is 6. The molecule has 1 amide bonds. The Morgan fingerprint density at radius 1 is 1.13 bits per heavy atom. The van der Waals surface area contributed by atoms with Crippen LogP contribution in [-0.2, 0) is 4.79 Å². The summed E-state index contributed by atoms with van der Waals surface area (Å²) in [5.41, 5.74) is 9.02. The standard InChI is InChI=1S/C19H21N3O/c1-13(19(20)23)21-11-16(14-7-3-2-4-8-14)17-12-22-18-10-6-5-9-15(17)18/h2-10,12-13,16,21-22H,11H2,1H3,(H2,20,23)/p+1/t13-,16+/m0/s1. The van der Waals surface area contributed by atoms with Gasteiger partial charge in [-0.15, -0.1) is 0 Å². The minimum absolute atomic E-state index is 0.203. The van der Waals surface area contributed by atoms with Crippen molar-refractivity contribution in [3.63, 3.8) is 0 Å². The average Bonchev–Trinajstić information content (AvgIpc) is 3.00. The van der Waals surface area contributed by atoms with E-state index in [1.165, 1.54) is 16.5 Å². The van der Waals surface area contributed by atoms with Gasteiger partial charge in [-0.05, 0) is 24.1 Å². The van der Waals surface area contributed by atoms with Crippen LogP contribution in [0.15, 0.2) is 60.8 Å². The molecule has 0 bridgehead atoms. The Kier molecular flexibility index (Phi) is 4.44. The predicted molar refractivity (Wildman–Crippen MR) is 92.0 cm³/mol. The molecule has 0 aliphatic carbocycles. The van der Waals surface area contributed by atoms with Crippen LogP contribution in [0.5, 0.6) is 0 Å². The Hall–Kier alpha value is -2.59. The van der Waals surface area contributed by atoms with Crippen LogP contribution in [0, 0.1) is 0 Å². The van der Waals surface area contributed by atoms with Gasteiger partial charge in [0.2, 0.25) is 0 Å². The first-order valence-corrected chi connectivity index (χ1v) is 7.90. The first-order valence-electron chi connectivity index (χ1n) is 7.90. The van der Waals surface area contributed by atoms with E-state index in [1.807, 2.05) is 24.4 Å². The Morgan fingerprint density at radius 2 is 1.83 bits per heavy atom. The number of aromatic nitrogens is 1. The number of carbonyl (C=O) groups is 1. The molecule has 23 heavy (non-hydrogen) atoms. The normalized spacial score (nSPS) is 13.8. The van der Waals surface area contributed by atoms with Gasteiger partial charge in [-0.25, -0.2) is 0 Å². The highest BCUT2D eigenvalue weighted by molar-refractivity contribution is 5.84. The summed E-state index contributed by atoms with van der Waals surface area (Å²) < 4.78 is 0. The fourth-order valence-electron chi connectivity index (χ4n) is 2.97. The Morgan fingerprint density at radius 3 is 2.57 bits per heavy atom. The monoisotopic (exact) mass is 308 g/mol. The number of hydrogen-bond donors (Lipinski definition) is 3. The molecule has 0 aliphatic rings. The van der Waals surface area contributed by atoms with Crippen molar-refractivity contribution in [3.8, 4) is 0 Å². The van der Waals surface area contributed by atoms with Crippen molar-refractivity contribution in [2.24, 2.45) is 5.73 Å². The van der Waals surface area contributed by atoms with Gasteiger partial charge in [0.05, 0.1) is 12.5 Å². The molecular formula is C19H22N3O+. The first kappa shape index (κ1) is 15.3. The highest BCUT2D eigenvalue weighted by Crippen LogP contribution is 2.29. The molecule has 0 spiro atoms. The smallest absolute Gasteiger partial charge is 0.275 e. The summed E-state index contributed by atoms with van der Waals surface area (Å²) in [6.07, 6.45) is 2.07. The maximum atomic E-state index is 11.3. The highest BCUT2D eigenvalue weighted by atomic mass is 16.1. The minimum atomic E-state index is -0.282. The zero-order chi connectivity index (χ0) is 16.2. The fourth-order valence-corrected chi connectivity index (χ4v) is 2.97. The number of primary amides is 1. The first-order chi connectivity index (χ1) is 11.2. The van der Waals surface area contributed by atoms with Crippen molar-refractivity contribution in [2.45, 2.75) is 18.9 Å². The van der Waals surface area contributed by atoms with Crippen LogP contribution >= 0.6 is 0 Å². The molecule has 0 unspecified atom stereocenters. The number of carbonyl (C=O) groups excluding carboxylic acids is 1. The van der Waals surface area contributed by atoms with Gasteiger partial charge in [0.25, 0.3) is 5.91 Å². The maximum absolute atomic E-state index is 11.3. The Labute approximate surface area is 135 Å². The van der Waals surface area contributed by atoms with Crippen LogP contribution in [0.1, 0.15) is 24.0 Å². The molecule has 5 N–H and O–H groups in total. The molecule has 0 saturated carbocycles. The summed E-state index contributed by atoms with van der Waals surface area (Å²) >= 11 is 0. The summed E-state index contributed by atoms with van der Waals surface area (Å²) in [5.74, 6) is -0.0788. The molecule has 3 aromatic rings. The van der Waals surface area contributed by atoms with E-state index >= 15 is 0 Å². The highest BCUT2D eigenvalue weighted by Gasteiger charge is 2.22. The van der Waals surface area contributed by atoms with E-state index < -0.39 is 0 Å². The molecule has 2 aromatic carbocycles. The van der Waals surface area contributed by atoms with E-state index in [-0.39, 0.29) is 17.9 Å². The van der Waals surface area contributed by atoms with Crippen molar-refractivity contribution in [2.75, 3.05) is 6.54 Å². The second-order valence-electron chi connectivity index (χ2n) is 5.92. The summed E-state index contributed by atoms with van der Waals surface area (Å²) in [5, 5.41) is 3.24. The van der Waals surface area contributed by atoms with Gasteiger partial charge in [0.1, 0.15) is 0 Å². The van der Waals surface area contributed by atoms with Crippen molar-refractivity contribution in [3.05, 3.63) is 71.9 Å². The van der Waals surface area contributed by atoms with E-state index in [0.717, 1.165) is 12.1 Å². The molecule has 0 fully saturated rings. The number of quaternary nitrogens is 1. The Balaban J connectivity index is 1.96. The molecule has 3 rings (SSSR count). The number of aromatic amines is 1. The molecule has 4 heteroatoms. The van der Waals surface area contributed by atoms with Crippen molar-refractivity contribution in [1.29, 1.82) is 0 Å². The van der Waals surface area contributed by atoms with Gasteiger partial charge in [0, 0.05) is 17.1 Å². The molecule has 0 aliphatic heterocycles. The number of nitrogens with one attached hydrogen (secondary N) is 1. The van der Waals surface area contributed by atoms with Crippen LogP contribution < -0.4 is 11.1 Å². The number of benzene rings is 2. The zero-order valence-corrected chi connectivity index (χ0v) is 13.2. The lowest BCUT2D eigenvalue weighted by Gasteiger charge is -2.17. The number of H-pyrrole nitrogens is 1. The molecule has 1 heterocycles. The second-order valence-corrected chi connectivity index (χ2v) is 5.92. The van der Waals surface area contributed by atoms with Gasteiger partial charge in [-0.1, -0.05) is 48.5 Å². The molecule has 118 valence electrons. The number of nitrogens with two attached hydrogens (primary N) is 2. The molecule has 2 atom stereocenters. The number of para-hydroxylation sites is 1. The van der Waals surface area contributed by atoms with Gasteiger partial charge >= 0.3 is 0 Å². The largest absolute Gasteiger partial charge is 0.365 e. The van der Waals surface area contributed by atoms with E-state index in [0.29, 0.717) is 0 Å². The van der Waals surface area contributed by atoms with Crippen LogP contribution in [0.4, 0.5) is 0 Å². The molecule has 0 saturated heterocycles. The third-order valence-corrected chi connectivity index (χ3v) is 4.37. The SMILES string of the molecule is C[C@H]([NH2+]C[C@H](c1ccccc1)c1c[nH]c2ccccc12)C(N)=O. The topological polar surface area (TPSA) is 75.5 Å². The molecular weight excluding hydrogens is 286 g/mol. The summed E-state index contributed by atoms with van der Waals surface area (Å²) in [4.78, 5) is 14.7. The van der Waals surface area contributed by atoms with Gasteiger partial charge in [-0.2, -0.15) is 0 Å². The van der Waals surface area contributed by atoms with Crippen LogP contribution in [0.2, 0.25) is 0 Å². The molecule has 1 aromatic heterocycles. The van der Waals surface area contributed by atoms with Crippen molar-refractivity contribution < 1.29 is 10.1 Å². The van der Waals surface area contributed by atoms with Crippen LogP contribution in [-0.4, -0.2) is 23.5 Å². The number of hydrogen-bond acceptors (Lipinski definition) is 1. The summed E-state index contributed by atoms with van der Waals surface area (Å²) in [6, 6.07) is 18.5. The van der Waals surface area contributed by atoms with Crippen molar-refractivity contribution in [1.82, 2.24) is 4.98 Å². The van der Waals surface area contributed by atoms with Crippen LogP contribution in [0.3, 0.4) is 0 Å². The van der Waals surface area contributed by atoms with Gasteiger partial charge in [0.15, 0.2) is 6.04 Å². The van der Waals surface area contributed by atoms with Crippen LogP contribution in [0.25, 0.3) is 10.9 Å². The fraction of sp³-hybridized carbons (Fsp3) is 0.211. The third kappa shape index (κ3) is 3.27. The van der Waals surface area contributed by atoms with E-state index in [1.54, 1.807) is 0 Å². The zero-order valence-electron chi connectivity index (χ0n) is 13.2. The molecule has 0 radical (unpaired) electrons. The average molecular weight is 308 g/mol. The number of fused-ring (bicyclic) bond motifs is 1. The number of amides is 1. The predicted octanol–water partition coefficient (Wildman–Crippen LogP) is 1.74. The maximum Gasteiger partial charge on any atom is 0.275 e.